The third-order valence-electron chi connectivity index (χ3n) is 1.58. The first-order valence-corrected chi connectivity index (χ1v) is 4.97. The van der Waals surface area contributed by atoms with E-state index in [9.17, 15) is 22.0 Å². The van der Waals surface area contributed by atoms with Crippen LogP contribution in [0.2, 0.25) is 0 Å². The predicted molar refractivity (Wildman–Crippen MR) is 44.6 cm³/mol. The molecule has 7 heteroatoms. The molecular weight excluding hydrogens is 243 g/mol. The summed E-state index contributed by atoms with van der Waals surface area (Å²) in [5.41, 5.74) is 0. The summed E-state index contributed by atoms with van der Waals surface area (Å²) >= 11 is 0.440. The number of fused-ring (bicyclic) bond motifs is 1. The molecule has 0 spiro atoms. The van der Waals surface area contributed by atoms with Crippen molar-refractivity contribution in [2.24, 2.45) is 0 Å². The largest absolute Gasteiger partial charge is 0.425 e. The highest BCUT2D eigenvalue weighted by atomic mass is 32.1. The van der Waals surface area contributed by atoms with Crippen LogP contribution in [0.15, 0.2) is 6.07 Å². The number of hydrogen-bond donors (Lipinski definition) is 0. The number of hydrogen-bond acceptors (Lipinski definition) is 2. The fourth-order valence-corrected chi connectivity index (χ4v) is 2.80. The van der Waals surface area contributed by atoms with E-state index in [0.717, 1.165) is 0 Å². The van der Waals surface area contributed by atoms with Crippen LogP contribution in [0.4, 0.5) is 22.0 Å². The average molecular weight is 244 g/mol. The van der Waals surface area contributed by atoms with Gasteiger partial charge in [0.05, 0.1) is 4.70 Å². The second kappa shape index (κ2) is 2.90. The van der Waals surface area contributed by atoms with Gasteiger partial charge in [-0.2, -0.15) is 22.0 Å². The summed E-state index contributed by atoms with van der Waals surface area (Å²) in [6.07, 6.45) is -4.54. The minimum atomic E-state index is -4.54. The lowest BCUT2D eigenvalue weighted by atomic mass is 10.3. The monoisotopic (exact) mass is 244 g/mol. The first-order valence-electron chi connectivity index (χ1n) is 3.34. The fraction of sp³-hybridized carbons (Fsp3) is 0.143. The molecule has 0 unspecified atom stereocenters. The molecule has 0 N–H and O–H groups in total. The smallest absolute Gasteiger partial charge is 0.194 e. The standard InChI is InChI=1S/C7HF5S2/c8-5-2-1-3(7(10,11)12)13-4(2)6(9)14-5/h1H. The first-order chi connectivity index (χ1) is 6.39. The van der Waals surface area contributed by atoms with E-state index in [4.69, 9.17) is 0 Å². The van der Waals surface area contributed by atoms with E-state index in [2.05, 4.69) is 0 Å². The molecule has 0 fully saturated rings. The quantitative estimate of drug-likeness (QED) is 0.607. The highest BCUT2D eigenvalue weighted by Crippen LogP contribution is 2.42. The topological polar surface area (TPSA) is 0 Å². The Balaban J connectivity index is 2.69. The summed E-state index contributed by atoms with van der Waals surface area (Å²) < 4.78 is 61.8. The lowest BCUT2D eigenvalue weighted by molar-refractivity contribution is -0.134. The van der Waals surface area contributed by atoms with Gasteiger partial charge in [0.15, 0.2) is 10.3 Å². The van der Waals surface area contributed by atoms with Crippen molar-refractivity contribution in [2.45, 2.75) is 6.18 Å². The van der Waals surface area contributed by atoms with Gasteiger partial charge in [-0.25, -0.2) is 0 Å². The summed E-state index contributed by atoms with van der Waals surface area (Å²) in [4.78, 5) is -0.979. The zero-order chi connectivity index (χ0) is 10.5. The molecule has 0 saturated carbocycles. The van der Waals surface area contributed by atoms with Crippen molar-refractivity contribution in [1.82, 2.24) is 0 Å². The van der Waals surface area contributed by atoms with Gasteiger partial charge in [0.25, 0.3) is 0 Å². The Morgan fingerprint density at radius 1 is 1.00 bits per heavy atom. The second-order valence-electron chi connectivity index (χ2n) is 2.50. The average Bonchev–Trinajstić information content (AvgIpc) is 2.53. The maximum absolute atomic E-state index is 12.8. The van der Waals surface area contributed by atoms with Crippen LogP contribution in [0.1, 0.15) is 4.88 Å². The van der Waals surface area contributed by atoms with Crippen LogP contribution in [0.25, 0.3) is 10.1 Å². The molecule has 0 atom stereocenters. The van der Waals surface area contributed by atoms with Crippen LogP contribution < -0.4 is 0 Å². The lowest BCUT2D eigenvalue weighted by Gasteiger charge is -1.99. The van der Waals surface area contributed by atoms with Gasteiger partial charge in [-0.1, -0.05) is 11.3 Å². The third kappa shape index (κ3) is 1.40. The second-order valence-corrected chi connectivity index (χ2v) is 4.47. The Bertz CT molecular complexity index is 443. The Hall–Kier alpha value is -0.690. The molecule has 0 aliphatic rings. The lowest BCUT2D eigenvalue weighted by Crippen LogP contribution is -2.00. The van der Waals surface area contributed by atoms with E-state index < -0.39 is 21.3 Å². The maximum Gasteiger partial charge on any atom is 0.425 e. The Kier molecular flexibility index (Phi) is 2.04. The summed E-state index contributed by atoms with van der Waals surface area (Å²) in [7, 11) is 0. The number of halogens is 5. The molecule has 0 aromatic carbocycles. The first kappa shape index (κ1) is 9.85. The van der Waals surface area contributed by atoms with Gasteiger partial charge in [-0.15, -0.1) is 11.3 Å². The van der Waals surface area contributed by atoms with Gasteiger partial charge in [0, 0.05) is 5.39 Å². The molecule has 0 radical (unpaired) electrons. The van der Waals surface area contributed by atoms with Gasteiger partial charge < -0.3 is 0 Å². The van der Waals surface area contributed by atoms with Crippen molar-refractivity contribution >= 4 is 32.8 Å². The van der Waals surface area contributed by atoms with Gasteiger partial charge in [0.2, 0.25) is 0 Å². The zero-order valence-electron chi connectivity index (χ0n) is 6.28. The molecule has 2 heterocycles. The maximum atomic E-state index is 12.8. The predicted octanol–water partition coefficient (Wildman–Crippen LogP) is 4.26. The van der Waals surface area contributed by atoms with E-state index in [1.54, 1.807) is 0 Å². The third-order valence-corrected chi connectivity index (χ3v) is 3.67. The minimum absolute atomic E-state index is 0.218. The van der Waals surface area contributed by atoms with Crippen LogP contribution in [0, 0.1) is 10.3 Å². The van der Waals surface area contributed by atoms with E-state index in [-0.39, 0.29) is 32.8 Å². The Labute approximate surface area is 82.6 Å². The minimum Gasteiger partial charge on any atom is -0.194 e. The molecule has 14 heavy (non-hydrogen) atoms. The molecule has 0 amide bonds. The molecule has 2 rings (SSSR count). The number of thiophene rings is 2. The number of rotatable bonds is 0. The molecule has 0 saturated heterocycles. The highest BCUT2D eigenvalue weighted by Gasteiger charge is 2.34. The molecule has 2 aromatic heterocycles. The molecular formula is C7HF5S2. The normalized spacial score (nSPS) is 12.6. The van der Waals surface area contributed by atoms with Crippen molar-refractivity contribution in [3.63, 3.8) is 0 Å². The van der Waals surface area contributed by atoms with E-state index in [1.165, 1.54) is 0 Å². The van der Waals surface area contributed by atoms with E-state index in [0.29, 0.717) is 6.07 Å². The van der Waals surface area contributed by atoms with Crippen LogP contribution in [0.5, 0.6) is 0 Å². The zero-order valence-corrected chi connectivity index (χ0v) is 7.92. The molecule has 76 valence electrons. The van der Waals surface area contributed by atoms with Crippen LogP contribution >= 0.6 is 22.7 Å². The summed E-state index contributed by atoms with van der Waals surface area (Å²) in [5, 5.41) is -2.10. The summed E-state index contributed by atoms with van der Waals surface area (Å²) in [6.45, 7) is 0. The van der Waals surface area contributed by atoms with Crippen molar-refractivity contribution in [3.8, 4) is 0 Å². The molecule has 2 aromatic rings. The van der Waals surface area contributed by atoms with E-state index >= 15 is 0 Å². The van der Waals surface area contributed by atoms with Gasteiger partial charge in [0.1, 0.15) is 4.88 Å². The fourth-order valence-electron chi connectivity index (χ4n) is 1.00. The molecule has 0 aliphatic carbocycles. The van der Waals surface area contributed by atoms with Crippen molar-refractivity contribution < 1.29 is 22.0 Å². The molecule has 0 nitrogen and oxygen atoms in total. The van der Waals surface area contributed by atoms with Gasteiger partial charge in [-0.05, 0) is 6.07 Å². The van der Waals surface area contributed by atoms with Crippen LogP contribution in [0.3, 0.4) is 0 Å². The molecule has 0 aliphatic heterocycles. The van der Waals surface area contributed by atoms with Crippen molar-refractivity contribution in [1.29, 1.82) is 0 Å². The Morgan fingerprint density at radius 2 is 1.64 bits per heavy atom. The SMILES string of the molecule is Fc1sc(F)c2sc(C(F)(F)F)cc12. The highest BCUT2D eigenvalue weighted by molar-refractivity contribution is 7.23. The van der Waals surface area contributed by atoms with Crippen LogP contribution in [-0.4, -0.2) is 0 Å². The Morgan fingerprint density at radius 3 is 2.14 bits per heavy atom. The van der Waals surface area contributed by atoms with Crippen molar-refractivity contribution in [3.05, 3.63) is 21.2 Å². The van der Waals surface area contributed by atoms with Gasteiger partial charge in [-0.3, -0.25) is 0 Å². The van der Waals surface area contributed by atoms with Crippen molar-refractivity contribution in [2.75, 3.05) is 0 Å². The van der Waals surface area contributed by atoms with E-state index in [1.807, 2.05) is 0 Å². The van der Waals surface area contributed by atoms with Gasteiger partial charge >= 0.3 is 6.18 Å². The van der Waals surface area contributed by atoms with Crippen LogP contribution in [-0.2, 0) is 6.18 Å². The summed E-state index contributed by atoms with van der Waals surface area (Å²) in [6, 6.07) is 0.634. The summed E-state index contributed by atoms with van der Waals surface area (Å²) in [5.74, 6) is 0. The number of alkyl halides is 3. The molecule has 0 bridgehead atoms.